The van der Waals surface area contributed by atoms with Crippen LogP contribution in [0.1, 0.15) is 56.8 Å². The van der Waals surface area contributed by atoms with Crippen molar-refractivity contribution in [3.8, 4) is 5.75 Å². The van der Waals surface area contributed by atoms with E-state index < -0.39 is 28.1 Å². The maximum Gasteiger partial charge on any atom is 0.423 e. The second kappa shape index (κ2) is 11.5. The number of anilines is 1. The number of hydrogen-bond acceptors (Lipinski definition) is 10. The molecule has 1 aliphatic heterocycles. The molecule has 1 aromatic carbocycles. The highest BCUT2D eigenvalue weighted by Crippen LogP contribution is 2.34. The van der Waals surface area contributed by atoms with Gasteiger partial charge in [0.1, 0.15) is 16.5 Å². The number of amides is 2. The van der Waals surface area contributed by atoms with Crippen LogP contribution in [0.25, 0.3) is 0 Å². The molecule has 3 heterocycles. The molecule has 12 nitrogen and oxygen atoms in total. The van der Waals surface area contributed by atoms with Crippen LogP contribution in [-0.4, -0.2) is 54.8 Å². The molecule has 0 spiro atoms. The number of nitrogens with one attached hydrogen (secondary N) is 1. The van der Waals surface area contributed by atoms with Gasteiger partial charge in [0.2, 0.25) is 16.1 Å². The zero-order chi connectivity index (χ0) is 29.2. The van der Waals surface area contributed by atoms with Gasteiger partial charge in [-0.2, -0.15) is 4.90 Å². The summed E-state index contributed by atoms with van der Waals surface area (Å²) in [7, 11) is -4.05. The Morgan fingerprint density at radius 2 is 1.77 bits per heavy atom. The van der Waals surface area contributed by atoms with E-state index in [9.17, 15) is 22.8 Å². The number of imide groups is 1. The number of aldehydes is 1. The van der Waals surface area contributed by atoms with Gasteiger partial charge in [-0.3, -0.25) is 9.59 Å². The molecule has 1 saturated heterocycles. The minimum absolute atomic E-state index is 0.0708. The molecule has 2 amide bonds. The Balaban J connectivity index is 1.46. The van der Waals surface area contributed by atoms with Gasteiger partial charge in [0.15, 0.2) is 12.1 Å². The molecule has 40 heavy (non-hydrogen) atoms. The molecule has 2 aromatic heterocycles. The molecule has 0 aliphatic carbocycles. The van der Waals surface area contributed by atoms with Crippen LogP contribution in [0.5, 0.6) is 5.75 Å². The zero-order valence-electron chi connectivity index (χ0n) is 22.7. The third kappa shape index (κ3) is 5.84. The van der Waals surface area contributed by atoms with E-state index in [0.29, 0.717) is 40.4 Å². The molecule has 3 aromatic rings. The predicted octanol–water partition coefficient (Wildman–Crippen LogP) is 3.20. The molecule has 0 bridgehead atoms. The van der Waals surface area contributed by atoms with Gasteiger partial charge < -0.3 is 9.47 Å². The van der Waals surface area contributed by atoms with E-state index in [1.807, 2.05) is 32.0 Å². The molecular weight excluding hydrogens is 538 g/mol. The van der Waals surface area contributed by atoms with E-state index in [2.05, 4.69) is 19.7 Å². The molecule has 1 N–H and O–H groups in total. The first-order valence-corrected chi connectivity index (χ1v) is 13.9. The number of sulfonamides is 1. The van der Waals surface area contributed by atoms with Gasteiger partial charge in [-0.1, -0.05) is 17.7 Å². The molecule has 0 radical (unpaired) electrons. The van der Waals surface area contributed by atoms with Crippen molar-refractivity contribution in [1.82, 2.24) is 19.7 Å². The average Bonchev–Trinajstić information content (AvgIpc) is 3.16. The van der Waals surface area contributed by atoms with Crippen LogP contribution in [0.15, 0.2) is 35.4 Å². The summed E-state index contributed by atoms with van der Waals surface area (Å²) < 4.78 is 39.1. The Morgan fingerprint density at radius 3 is 2.42 bits per heavy atom. The average molecular weight is 568 g/mol. The summed E-state index contributed by atoms with van der Waals surface area (Å²) in [4.78, 5) is 50.6. The Morgan fingerprint density at radius 1 is 1.07 bits per heavy atom. The second-order valence-electron chi connectivity index (χ2n) is 9.36. The maximum atomic E-state index is 13.2. The van der Waals surface area contributed by atoms with E-state index in [-0.39, 0.29) is 29.4 Å². The largest absolute Gasteiger partial charge is 0.493 e. The van der Waals surface area contributed by atoms with Crippen LogP contribution < -0.4 is 14.4 Å². The summed E-state index contributed by atoms with van der Waals surface area (Å²) >= 11 is 0. The lowest BCUT2D eigenvalue weighted by Crippen LogP contribution is -2.32. The summed E-state index contributed by atoms with van der Waals surface area (Å²) in [6.45, 7) is 9.30. The van der Waals surface area contributed by atoms with Gasteiger partial charge in [0.05, 0.1) is 12.2 Å². The Hall–Kier alpha value is -4.23. The number of carbonyl (C=O) groups excluding carboxylic acids is 3. The van der Waals surface area contributed by atoms with E-state index >= 15 is 0 Å². The smallest absolute Gasteiger partial charge is 0.423 e. The lowest BCUT2D eigenvalue weighted by molar-refractivity contribution is -0.122. The SMILES string of the molecule is Cc1ccc(OCCCNS(=O)(=O)c2cnc(N3C(=O)OC(c4c(C)nc(C)nc4C)C3=O)c(C=O)c2)c(C)c1. The molecule has 13 heteroatoms. The van der Waals surface area contributed by atoms with Crippen LogP contribution in [0, 0.1) is 34.6 Å². The number of aryl methyl sites for hydroxylation is 5. The lowest BCUT2D eigenvalue weighted by atomic mass is 10.1. The van der Waals surface area contributed by atoms with Gasteiger partial charge in [-0.15, -0.1) is 0 Å². The van der Waals surface area contributed by atoms with Crippen molar-refractivity contribution in [3.05, 3.63) is 69.9 Å². The highest BCUT2D eigenvalue weighted by molar-refractivity contribution is 7.89. The normalized spacial score (nSPS) is 15.3. The van der Waals surface area contributed by atoms with E-state index in [1.165, 1.54) is 0 Å². The van der Waals surface area contributed by atoms with Crippen molar-refractivity contribution >= 4 is 34.1 Å². The molecule has 1 atom stereocenters. The third-order valence-electron chi connectivity index (χ3n) is 6.27. The molecule has 1 aliphatic rings. The highest BCUT2D eigenvalue weighted by Gasteiger charge is 2.46. The summed E-state index contributed by atoms with van der Waals surface area (Å²) in [6.07, 6.45) is -0.711. The molecule has 1 unspecified atom stereocenters. The standard InChI is InChI=1S/C27H29N5O7S/c1-15-7-8-22(16(2)11-15)38-10-6-9-29-40(36,37)21-12-20(14-33)25(28-13-21)32-26(34)24(39-27(32)35)23-17(3)30-19(5)31-18(23)4/h7-8,11-14,24,29H,6,9-10H2,1-5H3. The maximum absolute atomic E-state index is 13.2. The molecule has 0 saturated carbocycles. The summed E-state index contributed by atoms with van der Waals surface area (Å²) in [5, 5.41) is 0. The first kappa shape index (κ1) is 28.8. The van der Waals surface area contributed by atoms with E-state index in [0.717, 1.165) is 29.1 Å². The number of rotatable bonds is 10. The number of carbonyl (C=O) groups is 3. The Kier molecular flexibility index (Phi) is 8.26. The van der Waals surface area contributed by atoms with Crippen molar-refractivity contribution in [2.75, 3.05) is 18.1 Å². The summed E-state index contributed by atoms with van der Waals surface area (Å²) in [6, 6.07) is 6.83. The fraction of sp³-hybridized carbons (Fsp3) is 0.333. The Bertz CT molecular complexity index is 1580. The van der Waals surface area contributed by atoms with Crippen molar-refractivity contribution in [2.45, 2.75) is 52.0 Å². The fourth-order valence-electron chi connectivity index (χ4n) is 4.44. The van der Waals surface area contributed by atoms with Crippen molar-refractivity contribution < 1.29 is 32.3 Å². The Labute approximate surface area is 231 Å². The van der Waals surface area contributed by atoms with Crippen LogP contribution in [0.4, 0.5) is 10.6 Å². The first-order valence-electron chi connectivity index (χ1n) is 12.4. The van der Waals surface area contributed by atoms with Gasteiger partial charge in [-0.05, 0) is 58.7 Å². The topological polar surface area (TPSA) is 158 Å². The van der Waals surface area contributed by atoms with Gasteiger partial charge in [-0.25, -0.2) is 32.9 Å². The van der Waals surface area contributed by atoms with E-state index in [4.69, 9.17) is 9.47 Å². The monoisotopic (exact) mass is 567 g/mol. The summed E-state index contributed by atoms with van der Waals surface area (Å²) in [5.74, 6) is 0.0892. The first-order chi connectivity index (χ1) is 18.9. The van der Waals surface area contributed by atoms with Crippen LogP contribution in [0.2, 0.25) is 0 Å². The second-order valence-corrected chi connectivity index (χ2v) is 11.1. The molecule has 210 valence electrons. The number of aromatic nitrogens is 3. The van der Waals surface area contributed by atoms with Gasteiger partial charge in [0.25, 0.3) is 5.91 Å². The van der Waals surface area contributed by atoms with Crippen LogP contribution >= 0.6 is 0 Å². The minimum atomic E-state index is -4.05. The number of benzene rings is 1. The van der Waals surface area contributed by atoms with Crippen molar-refractivity contribution in [3.63, 3.8) is 0 Å². The van der Waals surface area contributed by atoms with Crippen molar-refractivity contribution in [1.29, 1.82) is 0 Å². The van der Waals surface area contributed by atoms with Crippen LogP contribution in [0.3, 0.4) is 0 Å². The molecule has 4 rings (SSSR count). The quantitative estimate of drug-likeness (QED) is 0.285. The van der Waals surface area contributed by atoms with Crippen molar-refractivity contribution in [2.24, 2.45) is 0 Å². The molecular formula is C27H29N5O7S. The van der Waals surface area contributed by atoms with Gasteiger partial charge >= 0.3 is 6.09 Å². The number of pyridine rings is 1. The number of cyclic esters (lactones) is 1. The number of ether oxygens (including phenoxy) is 2. The molecule has 1 fully saturated rings. The third-order valence-corrected chi connectivity index (χ3v) is 7.70. The summed E-state index contributed by atoms with van der Waals surface area (Å²) in [5.41, 5.74) is 3.09. The van der Waals surface area contributed by atoms with Crippen LogP contribution in [-0.2, 0) is 19.6 Å². The minimum Gasteiger partial charge on any atom is -0.493 e. The van der Waals surface area contributed by atoms with Gasteiger partial charge in [0, 0.05) is 29.7 Å². The number of nitrogens with zero attached hydrogens (tertiary/aromatic N) is 4. The van der Waals surface area contributed by atoms with E-state index in [1.54, 1.807) is 20.8 Å². The predicted molar refractivity (Wildman–Crippen MR) is 144 cm³/mol. The lowest BCUT2D eigenvalue weighted by Gasteiger charge is -2.15. The number of hydrogen-bond donors (Lipinski definition) is 1. The highest BCUT2D eigenvalue weighted by atomic mass is 32.2. The zero-order valence-corrected chi connectivity index (χ0v) is 23.5. The fourth-order valence-corrected chi connectivity index (χ4v) is 5.49.